The van der Waals surface area contributed by atoms with Gasteiger partial charge in [-0.25, -0.2) is 12.7 Å². The summed E-state index contributed by atoms with van der Waals surface area (Å²) in [5.74, 6) is -0.351. The standard InChI is InChI=1S/C15H25N3O4S/c1-4-16(5-2)11-12-17(6-3)23(21,22)13-14-9-7-8-10-15(14)18(19)20/h7-10H,4-6,11-13H2,1-3H3. The molecule has 0 fully saturated rings. The third-order valence-electron chi connectivity index (χ3n) is 3.83. The van der Waals surface area contributed by atoms with E-state index >= 15 is 0 Å². The average Bonchev–Trinajstić information content (AvgIpc) is 2.51. The highest BCUT2D eigenvalue weighted by atomic mass is 32.2. The summed E-state index contributed by atoms with van der Waals surface area (Å²) in [6.45, 7) is 8.95. The Morgan fingerprint density at radius 2 is 1.65 bits per heavy atom. The van der Waals surface area contributed by atoms with Gasteiger partial charge in [-0.3, -0.25) is 10.1 Å². The maximum atomic E-state index is 12.6. The summed E-state index contributed by atoms with van der Waals surface area (Å²) in [7, 11) is -3.59. The van der Waals surface area contributed by atoms with Gasteiger partial charge in [-0.2, -0.15) is 0 Å². The van der Waals surface area contributed by atoms with E-state index in [9.17, 15) is 18.5 Å². The molecule has 0 aliphatic rings. The Balaban J connectivity index is 2.90. The Labute approximate surface area is 138 Å². The quantitative estimate of drug-likeness (QED) is 0.480. The highest BCUT2D eigenvalue weighted by molar-refractivity contribution is 7.88. The van der Waals surface area contributed by atoms with Gasteiger partial charge in [0, 0.05) is 31.3 Å². The van der Waals surface area contributed by atoms with Gasteiger partial charge < -0.3 is 4.90 Å². The van der Waals surface area contributed by atoms with Gasteiger partial charge in [-0.15, -0.1) is 0 Å². The Bertz CT molecular complexity index is 615. The van der Waals surface area contributed by atoms with Crippen molar-refractivity contribution in [1.29, 1.82) is 0 Å². The van der Waals surface area contributed by atoms with Crippen molar-refractivity contribution in [2.45, 2.75) is 26.5 Å². The van der Waals surface area contributed by atoms with Crippen molar-refractivity contribution >= 4 is 15.7 Å². The number of nitro benzene ring substituents is 1. The van der Waals surface area contributed by atoms with E-state index in [4.69, 9.17) is 0 Å². The van der Waals surface area contributed by atoms with Gasteiger partial charge in [0.1, 0.15) is 0 Å². The summed E-state index contributed by atoms with van der Waals surface area (Å²) in [6, 6.07) is 5.97. The molecule has 7 nitrogen and oxygen atoms in total. The maximum absolute atomic E-state index is 12.6. The largest absolute Gasteiger partial charge is 0.303 e. The van der Waals surface area contributed by atoms with Crippen LogP contribution < -0.4 is 0 Å². The van der Waals surface area contributed by atoms with Crippen LogP contribution in [-0.2, 0) is 15.8 Å². The molecule has 0 spiro atoms. The molecule has 130 valence electrons. The van der Waals surface area contributed by atoms with Crippen molar-refractivity contribution in [3.05, 3.63) is 39.9 Å². The van der Waals surface area contributed by atoms with E-state index in [1.54, 1.807) is 13.0 Å². The van der Waals surface area contributed by atoms with Crippen LogP contribution in [0.25, 0.3) is 0 Å². The number of para-hydroxylation sites is 1. The van der Waals surface area contributed by atoms with Crippen molar-refractivity contribution in [3.8, 4) is 0 Å². The minimum atomic E-state index is -3.59. The highest BCUT2D eigenvalue weighted by Gasteiger charge is 2.25. The van der Waals surface area contributed by atoms with Crippen molar-refractivity contribution in [2.75, 3.05) is 32.7 Å². The minimum absolute atomic E-state index is 0.157. The molecule has 0 unspecified atom stereocenters. The Morgan fingerprint density at radius 1 is 1.04 bits per heavy atom. The molecule has 0 aliphatic heterocycles. The molecule has 8 heteroatoms. The monoisotopic (exact) mass is 343 g/mol. The van der Waals surface area contributed by atoms with Gasteiger partial charge in [0.25, 0.3) is 5.69 Å². The van der Waals surface area contributed by atoms with Gasteiger partial charge in [0.05, 0.1) is 10.7 Å². The molecule has 0 saturated carbocycles. The predicted molar refractivity (Wildman–Crippen MR) is 90.8 cm³/mol. The third-order valence-corrected chi connectivity index (χ3v) is 5.74. The number of nitrogens with zero attached hydrogens (tertiary/aromatic N) is 3. The average molecular weight is 343 g/mol. The zero-order chi connectivity index (χ0) is 17.5. The number of nitro groups is 1. The summed E-state index contributed by atoms with van der Waals surface area (Å²) < 4.78 is 26.6. The first kappa shape index (κ1) is 19.5. The van der Waals surface area contributed by atoms with Gasteiger partial charge in [0.15, 0.2) is 0 Å². The summed E-state index contributed by atoms with van der Waals surface area (Å²) >= 11 is 0. The zero-order valence-electron chi connectivity index (χ0n) is 13.9. The van der Waals surface area contributed by atoms with Gasteiger partial charge >= 0.3 is 0 Å². The number of likely N-dealkylation sites (N-methyl/N-ethyl adjacent to an activating group) is 2. The van der Waals surface area contributed by atoms with Crippen LogP contribution in [0.15, 0.2) is 24.3 Å². The second kappa shape index (κ2) is 8.95. The molecule has 0 bridgehead atoms. The van der Waals surface area contributed by atoms with Crippen LogP contribution in [0.1, 0.15) is 26.3 Å². The molecule has 1 aromatic rings. The fourth-order valence-corrected chi connectivity index (χ4v) is 3.96. The second-order valence-corrected chi connectivity index (χ2v) is 7.13. The van der Waals surface area contributed by atoms with Crippen LogP contribution in [0.4, 0.5) is 5.69 Å². The first-order valence-corrected chi connectivity index (χ1v) is 9.39. The first-order chi connectivity index (χ1) is 10.9. The molecule has 0 aromatic heterocycles. The molecule has 0 saturated heterocycles. The highest BCUT2D eigenvalue weighted by Crippen LogP contribution is 2.21. The molecule has 23 heavy (non-hydrogen) atoms. The predicted octanol–water partition coefficient (Wildman–Crippen LogP) is 2.09. The lowest BCUT2D eigenvalue weighted by Crippen LogP contribution is -2.39. The maximum Gasteiger partial charge on any atom is 0.273 e. The van der Waals surface area contributed by atoms with Gasteiger partial charge in [0.2, 0.25) is 10.0 Å². The molecular weight excluding hydrogens is 318 g/mol. The molecule has 0 N–H and O–H groups in total. The number of benzene rings is 1. The zero-order valence-corrected chi connectivity index (χ0v) is 14.8. The molecule has 1 aromatic carbocycles. The van der Waals surface area contributed by atoms with Crippen LogP contribution >= 0.6 is 0 Å². The van der Waals surface area contributed by atoms with Crippen molar-refractivity contribution < 1.29 is 13.3 Å². The smallest absolute Gasteiger partial charge is 0.273 e. The van der Waals surface area contributed by atoms with E-state index in [0.717, 1.165) is 13.1 Å². The molecule has 0 amide bonds. The molecule has 0 atom stereocenters. The molecular formula is C15H25N3O4S. The summed E-state index contributed by atoms with van der Waals surface area (Å²) in [5, 5.41) is 11.0. The summed E-state index contributed by atoms with van der Waals surface area (Å²) in [4.78, 5) is 12.6. The van der Waals surface area contributed by atoms with Crippen LogP contribution in [0, 0.1) is 10.1 Å². The number of rotatable bonds is 10. The molecule has 1 rings (SSSR count). The molecule has 0 heterocycles. The number of hydrogen-bond acceptors (Lipinski definition) is 5. The topological polar surface area (TPSA) is 83.8 Å². The van der Waals surface area contributed by atoms with Crippen molar-refractivity contribution in [2.24, 2.45) is 0 Å². The van der Waals surface area contributed by atoms with Crippen molar-refractivity contribution in [3.63, 3.8) is 0 Å². The lowest BCUT2D eigenvalue weighted by molar-refractivity contribution is -0.385. The Morgan fingerprint density at radius 3 is 2.17 bits per heavy atom. The number of hydrogen-bond donors (Lipinski definition) is 0. The molecule has 0 radical (unpaired) electrons. The Kier molecular flexibility index (Phi) is 7.60. The van der Waals surface area contributed by atoms with Crippen LogP contribution in [-0.4, -0.2) is 55.3 Å². The lowest BCUT2D eigenvalue weighted by Gasteiger charge is -2.24. The Hall–Kier alpha value is -1.51. The van der Waals surface area contributed by atoms with E-state index in [-0.39, 0.29) is 17.0 Å². The lowest BCUT2D eigenvalue weighted by atomic mass is 10.2. The van der Waals surface area contributed by atoms with Crippen molar-refractivity contribution in [1.82, 2.24) is 9.21 Å². The van der Waals surface area contributed by atoms with Crippen LogP contribution in [0.2, 0.25) is 0 Å². The molecule has 0 aliphatic carbocycles. The van der Waals surface area contributed by atoms with E-state index < -0.39 is 14.9 Å². The van der Waals surface area contributed by atoms with E-state index in [1.807, 2.05) is 13.8 Å². The fraction of sp³-hybridized carbons (Fsp3) is 0.600. The van der Waals surface area contributed by atoms with E-state index in [0.29, 0.717) is 19.6 Å². The summed E-state index contributed by atoms with van der Waals surface area (Å²) in [5.41, 5.74) is 0.0645. The normalized spacial score (nSPS) is 12.0. The van der Waals surface area contributed by atoms with Gasteiger partial charge in [-0.1, -0.05) is 39.0 Å². The van der Waals surface area contributed by atoms with Crippen LogP contribution in [0.3, 0.4) is 0 Å². The fourth-order valence-electron chi connectivity index (χ4n) is 2.39. The summed E-state index contributed by atoms with van der Waals surface area (Å²) in [6.07, 6.45) is 0. The minimum Gasteiger partial charge on any atom is -0.303 e. The third kappa shape index (κ3) is 5.56. The van der Waals surface area contributed by atoms with E-state index in [2.05, 4.69) is 4.90 Å². The first-order valence-electron chi connectivity index (χ1n) is 7.78. The SMILES string of the molecule is CCN(CC)CCN(CC)S(=O)(=O)Cc1ccccc1[N+](=O)[O-]. The second-order valence-electron chi connectivity index (χ2n) is 5.16. The van der Waals surface area contributed by atoms with Gasteiger partial charge in [-0.05, 0) is 13.1 Å². The number of sulfonamides is 1. The van der Waals surface area contributed by atoms with E-state index in [1.165, 1.54) is 22.5 Å². The van der Waals surface area contributed by atoms with Crippen LogP contribution in [0.5, 0.6) is 0 Å².